The number of carbonyl (C=O) groups is 1. The van der Waals surface area contributed by atoms with E-state index in [1.807, 2.05) is 6.07 Å². The van der Waals surface area contributed by atoms with Crippen LogP contribution in [0, 0.1) is 5.82 Å². The molecule has 1 saturated heterocycles. The minimum Gasteiger partial charge on any atom is -0.497 e. The highest BCUT2D eigenvalue weighted by Crippen LogP contribution is 2.27. The Hall–Kier alpha value is -3.99. The molecule has 0 atom stereocenters. The lowest BCUT2D eigenvalue weighted by atomic mass is 10.1. The van der Waals surface area contributed by atoms with Gasteiger partial charge in [-0.25, -0.2) is 14.4 Å². The van der Waals surface area contributed by atoms with Crippen molar-refractivity contribution in [2.75, 3.05) is 37.5 Å². The summed E-state index contributed by atoms with van der Waals surface area (Å²) < 4.78 is 26.2. The van der Waals surface area contributed by atoms with Crippen molar-refractivity contribution in [3.05, 3.63) is 47.9 Å². The van der Waals surface area contributed by atoms with Crippen LogP contribution in [-0.4, -0.2) is 64.1 Å². The van der Waals surface area contributed by atoms with Crippen molar-refractivity contribution >= 4 is 28.6 Å². The summed E-state index contributed by atoms with van der Waals surface area (Å²) in [6.07, 6.45) is 1.75. The van der Waals surface area contributed by atoms with E-state index in [9.17, 15) is 9.18 Å². The maximum atomic E-state index is 14.3. The minimum absolute atomic E-state index is 0.221. The van der Waals surface area contributed by atoms with Gasteiger partial charge in [0.05, 0.1) is 24.3 Å². The molecule has 0 aliphatic carbocycles. The molecule has 10 nitrogen and oxygen atoms in total. The average molecular weight is 451 g/mol. The monoisotopic (exact) mass is 451 g/mol. The van der Waals surface area contributed by atoms with Crippen molar-refractivity contribution in [1.82, 2.24) is 24.7 Å². The third-order valence-electron chi connectivity index (χ3n) is 5.63. The zero-order valence-corrected chi connectivity index (χ0v) is 18.3. The van der Waals surface area contributed by atoms with Gasteiger partial charge in [-0.15, -0.1) is 0 Å². The van der Waals surface area contributed by atoms with Crippen molar-refractivity contribution in [3.63, 3.8) is 0 Å². The molecule has 0 radical (unpaired) electrons. The van der Waals surface area contributed by atoms with Crippen LogP contribution in [0.1, 0.15) is 10.4 Å². The molecular formula is C22H22FN7O3. The van der Waals surface area contributed by atoms with Gasteiger partial charge in [-0.3, -0.25) is 9.48 Å². The molecule has 170 valence electrons. The number of nitrogens with one attached hydrogen (secondary N) is 2. The second-order valence-electron chi connectivity index (χ2n) is 7.75. The molecule has 0 bridgehead atoms. The first-order valence-electron chi connectivity index (χ1n) is 10.3. The molecule has 0 spiro atoms. The number of ether oxygens (including phenoxy) is 2. The second-order valence-corrected chi connectivity index (χ2v) is 7.75. The van der Waals surface area contributed by atoms with Crippen molar-refractivity contribution in [3.8, 4) is 17.3 Å². The van der Waals surface area contributed by atoms with Crippen LogP contribution in [0.2, 0.25) is 0 Å². The zero-order chi connectivity index (χ0) is 23.1. The van der Waals surface area contributed by atoms with Crippen LogP contribution in [-0.2, 0) is 11.8 Å². The highest BCUT2D eigenvalue weighted by Gasteiger charge is 2.27. The first kappa shape index (κ1) is 20.9. The number of nitrogens with zero attached hydrogens (tertiary/aromatic N) is 5. The van der Waals surface area contributed by atoms with E-state index < -0.39 is 5.82 Å². The third kappa shape index (κ3) is 3.87. The van der Waals surface area contributed by atoms with Crippen LogP contribution in [0.5, 0.6) is 5.75 Å². The van der Waals surface area contributed by atoms with E-state index in [4.69, 9.17) is 9.47 Å². The van der Waals surface area contributed by atoms with Crippen molar-refractivity contribution in [2.45, 2.75) is 6.10 Å². The lowest BCUT2D eigenvalue weighted by Gasteiger charge is -2.38. The van der Waals surface area contributed by atoms with Gasteiger partial charge in [0.2, 0.25) is 0 Å². The molecule has 1 aliphatic heterocycles. The number of halogens is 1. The summed E-state index contributed by atoms with van der Waals surface area (Å²) >= 11 is 0. The number of pyridine rings is 1. The summed E-state index contributed by atoms with van der Waals surface area (Å²) in [5.41, 5.74) is 1.69. The Labute approximate surface area is 188 Å². The van der Waals surface area contributed by atoms with E-state index in [1.54, 1.807) is 37.0 Å². The Morgan fingerprint density at radius 2 is 2.06 bits per heavy atom. The van der Waals surface area contributed by atoms with E-state index in [0.717, 1.165) is 18.9 Å². The van der Waals surface area contributed by atoms with Crippen LogP contribution in [0.3, 0.4) is 0 Å². The van der Waals surface area contributed by atoms with Gasteiger partial charge in [-0.2, -0.15) is 5.10 Å². The minimum atomic E-state index is -0.467. The predicted molar refractivity (Wildman–Crippen MR) is 120 cm³/mol. The normalized spacial score (nSPS) is 13.9. The molecule has 0 saturated carbocycles. The molecule has 5 rings (SSSR count). The Kier molecular flexibility index (Phi) is 5.17. The van der Waals surface area contributed by atoms with Crippen LogP contribution in [0.25, 0.3) is 22.6 Å². The maximum Gasteiger partial charge on any atom is 0.258 e. The number of aromatic amines is 1. The summed E-state index contributed by atoms with van der Waals surface area (Å²) in [4.78, 5) is 26.5. The third-order valence-corrected chi connectivity index (χ3v) is 5.63. The number of imidazole rings is 1. The maximum absolute atomic E-state index is 14.3. The van der Waals surface area contributed by atoms with Gasteiger partial charge in [-0.05, 0) is 12.1 Å². The number of hydrogen-bond acceptors (Lipinski definition) is 7. The van der Waals surface area contributed by atoms with E-state index in [1.165, 1.54) is 19.4 Å². The molecular weight excluding hydrogens is 429 g/mol. The number of aryl methyl sites for hydroxylation is 1. The molecule has 3 aromatic heterocycles. The first-order chi connectivity index (χ1) is 15.9. The fourth-order valence-corrected chi connectivity index (χ4v) is 3.71. The lowest BCUT2D eigenvalue weighted by molar-refractivity contribution is 0.0783. The van der Waals surface area contributed by atoms with Gasteiger partial charge in [0.25, 0.3) is 5.91 Å². The number of aromatic nitrogens is 5. The standard InChI is InChI=1S/C22H22FN7O3/c1-29-17(21-25-16-7-13(32-2)6-15(23)20(16)27-21)8-18(28-29)26-22(31)12-4-5-19(24-9-12)30-10-14(11-30)33-3/h4-9,14H,10-11H2,1-3H3,(H,25,27)(H,26,28,31). The average Bonchev–Trinajstić information content (AvgIpc) is 3.36. The fourth-order valence-electron chi connectivity index (χ4n) is 3.71. The van der Waals surface area contributed by atoms with E-state index in [0.29, 0.717) is 34.2 Å². The Morgan fingerprint density at radius 3 is 2.76 bits per heavy atom. The summed E-state index contributed by atoms with van der Waals surface area (Å²) in [5.74, 6) is 1.13. The fraction of sp³-hybridized carbons (Fsp3) is 0.273. The number of amides is 1. The molecule has 1 aromatic carbocycles. The van der Waals surface area contributed by atoms with Gasteiger partial charge >= 0.3 is 0 Å². The molecule has 1 fully saturated rings. The largest absolute Gasteiger partial charge is 0.497 e. The van der Waals surface area contributed by atoms with E-state index in [2.05, 4.69) is 30.3 Å². The Balaban J connectivity index is 1.32. The predicted octanol–water partition coefficient (Wildman–Crippen LogP) is 2.59. The van der Waals surface area contributed by atoms with Crippen LogP contribution < -0.4 is 15.0 Å². The quantitative estimate of drug-likeness (QED) is 0.464. The van der Waals surface area contributed by atoms with E-state index in [-0.39, 0.29) is 17.5 Å². The van der Waals surface area contributed by atoms with Gasteiger partial charge < -0.3 is 24.7 Å². The van der Waals surface area contributed by atoms with Crippen LogP contribution >= 0.6 is 0 Å². The molecule has 1 amide bonds. The highest BCUT2D eigenvalue weighted by molar-refractivity contribution is 6.03. The molecule has 4 aromatic rings. The number of methoxy groups -OCH3 is 2. The van der Waals surface area contributed by atoms with Gasteiger partial charge in [0.1, 0.15) is 22.8 Å². The summed E-state index contributed by atoms with van der Waals surface area (Å²) in [6, 6.07) is 8.12. The molecule has 2 N–H and O–H groups in total. The molecule has 11 heteroatoms. The molecule has 4 heterocycles. The number of fused-ring (bicyclic) bond motifs is 1. The van der Waals surface area contributed by atoms with Gasteiger partial charge in [0, 0.05) is 51.6 Å². The lowest BCUT2D eigenvalue weighted by Crippen LogP contribution is -2.52. The smallest absolute Gasteiger partial charge is 0.258 e. The van der Waals surface area contributed by atoms with Crippen molar-refractivity contribution in [1.29, 1.82) is 0 Å². The van der Waals surface area contributed by atoms with Gasteiger partial charge in [0.15, 0.2) is 17.5 Å². The number of benzene rings is 1. The van der Waals surface area contributed by atoms with Crippen molar-refractivity contribution < 1.29 is 18.7 Å². The number of anilines is 2. The summed E-state index contributed by atoms with van der Waals surface area (Å²) in [6.45, 7) is 1.56. The van der Waals surface area contributed by atoms with Crippen molar-refractivity contribution in [2.24, 2.45) is 7.05 Å². The number of hydrogen-bond donors (Lipinski definition) is 2. The number of rotatable bonds is 6. The number of carbonyl (C=O) groups excluding carboxylic acids is 1. The summed E-state index contributed by atoms with van der Waals surface area (Å²) in [5, 5.41) is 7.09. The molecule has 33 heavy (non-hydrogen) atoms. The van der Waals surface area contributed by atoms with Crippen LogP contribution in [0.4, 0.5) is 16.0 Å². The Bertz CT molecular complexity index is 1330. The topological polar surface area (TPSA) is 110 Å². The molecule has 1 aliphatic rings. The SMILES string of the molecule is COc1cc(F)c2[nH]c(-c3cc(NC(=O)c4ccc(N5CC(OC)C5)nc4)nn3C)nc2c1. The highest BCUT2D eigenvalue weighted by atomic mass is 19.1. The Morgan fingerprint density at radius 1 is 1.24 bits per heavy atom. The van der Waals surface area contributed by atoms with Crippen LogP contribution in [0.15, 0.2) is 36.5 Å². The zero-order valence-electron chi connectivity index (χ0n) is 18.3. The summed E-state index contributed by atoms with van der Waals surface area (Å²) in [7, 11) is 4.87. The number of H-pyrrole nitrogens is 1. The second kappa shape index (κ2) is 8.17. The van der Waals surface area contributed by atoms with E-state index >= 15 is 0 Å². The molecule has 0 unspecified atom stereocenters. The van der Waals surface area contributed by atoms with Gasteiger partial charge in [-0.1, -0.05) is 0 Å². The first-order valence-corrected chi connectivity index (χ1v) is 10.3.